The molecule has 2 aliphatic rings. The summed E-state index contributed by atoms with van der Waals surface area (Å²) in [6.45, 7) is 0.251. The van der Waals surface area contributed by atoms with Crippen molar-refractivity contribution in [3.63, 3.8) is 0 Å². The zero-order valence-corrected chi connectivity index (χ0v) is 7.77. The predicted molar refractivity (Wildman–Crippen MR) is 48.2 cm³/mol. The summed E-state index contributed by atoms with van der Waals surface area (Å²) in [5.41, 5.74) is -0.312. The molecule has 1 heterocycles. The van der Waals surface area contributed by atoms with Crippen LogP contribution in [0.5, 0.6) is 0 Å². The third-order valence-corrected chi connectivity index (χ3v) is 3.27. The number of hydrogen-bond donors (Lipinski definition) is 1. The zero-order chi connectivity index (χ0) is 9.31. The average Bonchev–Trinajstić information content (AvgIpc) is 2.14. The van der Waals surface area contributed by atoms with E-state index in [4.69, 9.17) is 0 Å². The normalized spacial score (nSPS) is 27.4. The number of hydrogen-bond acceptors (Lipinski definition) is 2. The van der Waals surface area contributed by atoms with Gasteiger partial charge in [-0.3, -0.25) is 9.59 Å². The van der Waals surface area contributed by atoms with Crippen LogP contribution in [0.25, 0.3) is 0 Å². The lowest BCUT2D eigenvalue weighted by Crippen LogP contribution is -2.50. The predicted octanol–water partition coefficient (Wildman–Crippen LogP) is 1.03. The number of rotatable bonds is 0. The molecule has 1 amide bonds. The second-order valence-corrected chi connectivity index (χ2v) is 4.24. The van der Waals surface area contributed by atoms with E-state index in [1.165, 1.54) is 6.42 Å². The molecule has 0 unspecified atom stereocenters. The van der Waals surface area contributed by atoms with Crippen LogP contribution in [-0.2, 0) is 9.59 Å². The molecular weight excluding hydrogens is 166 g/mol. The van der Waals surface area contributed by atoms with Crippen LogP contribution >= 0.6 is 0 Å². The van der Waals surface area contributed by atoms with Crippen LogP contribution in [0.4, 0.5) is 0 Å². The van der Waals surface area contributed by atoms with Gasteiger partial charge in [0.2, 0.25) is 5.91 Å². The summed E-state index contributed by atoms with van der Waals surface area (Å²) in [7, 11) is 0. The van der Waals surface area contributed by atoms with Gasteiger partial charge in [0.1, 0.15) is 0 Å². The second-order valence-electron chi connectivity index (χ2n) is 4.24. The summed E-state index contributed by atoms with van der Waals surface area (Å²) in [4.78, 5) is 22.9. The molecule has 1 saturated heterocycles. The zero-order valence-electron chi connectivity index (χ0n) is 7.77. The van der Waals surface area contributed by atoms with Gasteiger partial charge in [-0.2, -0.15) is 0 Å². The quantitative estimate of drug-likeness (QED) is 0.606. The Morgan fingerprint density at radius 3 is 2.46 bits per heavy atom. The summed E-state index contributed by atoms with van der Waals surface area (Å²) in [6, 6.07) is 0. The van der Waals surface area contributed by atoms with Gasteiger partial charge in [0.05, 0.1) is 12.0 Å². The molecule has 0 bridgehead atoms. The largest absolute Gasteiger partial charge is 0.349 e. The minimum atomic E-state index is -0.312. The van der Waals surface area contributed by atoms with Gasteiger partial charge >= 0.3 is 0 Å². The van der Waals surface area contributed by atoms with Crippen LogP contribution in [0.3, 0.4) is 0 Å². The Labute approximate surface area is 77.9 Å². The standard InChI is InChI=1S/C10H15NO2/c12-8-6-10(9(13)11-7-8)4-2-1-3-5-10/h1-7H2,(H,11,13). The highest BCUT2D eigenvalue weighted by Gasteiger charge is 2.43. The van der Waals surface area contributed by atoms with Gasteiger partial charge in [-0.25, -0.2) is 0 Å². The fourth-order valence-corrected chi connectivity index (χ4v) is 2.52. The van der Waals surface area contributed by atoms with E-state index >= 15 is 0 Å². The fraction of sp³-hybridized carbons (Fsp3) is 0.800. The van der Waals surface area contributed by atoms with E-state index < -0.39 is 0 Å². The maximum atomic E-state index is 11.7. The van der Waals surface area contributed by atoms with Crippen molar-refractivity contribution in [2.45, 2.75) is 38.5 Å². The lowest BCUT2D eigenvalue weighted by atomic mass is 9.69. The van der Waals surface area contributed by atoms with Crippen molar-refractivity contribution in [3.05, 3.63) is 0 Å². The summed E-state index contributed by atoms with van der Waals surface area (Å²) < 4.78 is 0. The number of ketones is 1. The molecule has 1 spiro atoms. The minimum Gasteiger partial charge on any atom is -0.349 e. The lowest BCUT2D eigenvalue weighted by Gasteiger charge is -2.38. The highest BCUT2D eigenvalue weighted by atomic mass is 16.2. The average molecular weight is 181 g/mol. The van der Waals surface area contributed by atoms with Gasteiger partial charge in [0.15, 0.2) is 5.78 Å². The van der Waals surface area contributed by atoms with Crippen molar-refractivity contribution < 1.29 is 9.59 Å². The van der Waals surface area contributed by atoms with Gasteiger partial charge < -0.3 is 5.32 Å². The Balaban J connectivity index is 2.16. The Hall–Kier alpha value is -0.860. The van der Waals surface area contributed by atoms with Crippen molar-refractivity contribution in [1.29, 1.82) is 0 Å². The molecule has 0 aromatic rings. The molecule has 3 heteroatoms. The van der Waals surface area contributed by atoms with Crippen molar-refractivity contribution in [1.82, 2.24) is 5.32 Å². The summed E-state index contributed by atoms with van der Waals surface area (Å²) >= 11 is 0. The van der Waals surface area contributed by atoms with Crippen LogP contribution < -0.4 is 5.32 Å². The summed E-state index contributed by atoms with van der Waals surface area (Å²) in [6.07, 6.45) is 5.71. The summed E-state index contributed by atoms with van der Waals surface area (Å²) in [5.74, 6) is 0.313. The highest BCUT2D eigenvalue weighted by molar-refractivity contribution is 5.96. The van der Waals surface area contributed by atoms with Crippen molar-refractivity contribution in [2.75, 3.05) is 6.54 Å². The first-order chi connectivity index (χ1) is 6.23. The van der Waals surface area contributed by atoms with Gasteiger partial charge in [-0.05, 0) is 12.8 Å². The van der Waals surface area contributed by atoms with Gasteiger partial charge in [-0.1, -0.05) is 19.3 Å². The van der Waals surface area contributed by atoms with Crippen molar-refractivity contribution in [2.24, 2.45) is 5.41 Å². The van der Waals surface area contributed by atoms with E-state index in [-0.39, 0.29) is 23.7 Å². The van der Waals surface area contributed by atoms with Crippen LogP contribution in [0.1, 0.15) is 38.5 Å². The molecule has 2 rings (SSSR count). The lowest BCUT2D eigenvalue weighted by molar-refractivity contribution is -0.142. The molecule has 1 aliphatic heterocycles. The number of carbonyl (C=O) groups excluding carboxylic acids is 2. The molecule has 72 valence electrons. The number of carbonyl (C=O) groups is 2. The molecule has 0 aromatic carbocycles. The molecule has 3 nitrogen and oxygen atoms in total. The molecule has 2 fully saturated rings. The first-order valence-electron chi connectivity index (χ1n) is 5.03. The topological polar surface area (TPSA) is 46.2 Å². The van der Waals surface area contributed by atoms with E-state index in [9.17, 15) is 9.59 Å². The van der Waals surface area contributed by atoms with Crippen LogP contribution in [-0.4, -0.2) is 18.2 Å². The fourth-order valence-electron chi connectivity index (χ4n) is 2.52. The third kappa shape index (κ3) is 1.47. The molecule has 13 heavy (non-hydrogen) atoms. The van der Waals surface area contributed by atoms with Crippen molar-refractivity contribution >= 4 is 11.7 Å². The SMILES string of the molecule is O=C1CNC(=O)C2(CCCCC2)C1. The van der Waals surface area contributed by atoms with Crippen LogP contribution in [0, 0.1) is 5.41 Å². The first-order valence-corrected chi connectivity index (χ1v) is 5.03. The first kappa shape index (κ1) is 8.73. The highest BCUT2D eigenvalue weighted by Crippen LogP contribution is 2.40. The Kier molecular flexibility index (Phi) is 2.10. The van der Waals surface area contributed by atoms with Crippen molar-refractivity contribution in [3.8, 4) is 0 Å². The molecule has 1 N–H and O–H groups in total. The number of Topliss-reactive ketones (excluding diaryl/α,β-unsaturated/α-hetero) is 1. The van der Waals surface area contributed by atoms with E-state index in [1.807, 2.05) is 0 Å². The smallest absolute Gasteiger partial charge is 0.227 e. The van der Waals surface area contributed by atoms with E-state index in [0.29, 0.717) is 6.42 Å². The van der Waals surface area contributed by atoms with Gasteiger partial charge in [0, 0.05) is 6.42 Å². The molecule has 0 radical (unpaired) electrons. The second kappa shape index (κ2) is 3.13. The third-order valence-electron chi connectivity index (χ3n) is 3.27. The van der Waals surface area contributed by atoms with Crippen LogP contribution in [0.2, 0.25) is 0 Å². The maximum absolute atomic E-state index is 11.7. The maximum Gasteiger partial charge on any atom is 0.227 e. The van der Waals surface area contributed by atoms with E-state index in [0.717, 1.165) is 25.7 Å². The van der Waals surface area contributed by atoms with E-state index in [2.05, 4.69) is 5.32 Å². The molecular formula is C10H15NO2. The number of piperidine rings is 1. The van der Waals surface area contributed by atoms with Crippen LogP contribution in [0.15, 0.2) is 0 Å². The van der Waals surface area contributed by atoms with E-state index in [1.54, 1.807) is 0 Å². The minimum absolute atomic E-state index is 0.117. The molecule has 1 aliphatic carbocycles. The molecule has 0 aromatic heterocycles. The van der Waals surface area contributed by atoms with Gasteiger partial charge in [-0.15, -0.1) is 0 Å². The number of nitrogens with one attached hydrogen (secondary N) is 1. The summed E-state index contributed by atoms with van der Waals surface area (Å²) in [5, 5.41) is 2.70. The molecule has 1 saturated carbocycles. The number of amides is 1. The Bertz CT molecular complexity index is 241. The monoisotopic (exact) mass is 181 g/mol. The molecule has 0 atom stereocenters. The Morgan fingerprint density at radius 2 is 1.77 bits per heavy atom. The van der Waals surface area contributed by atoms with Gasteiger partial charge in [0.25, 0.3) is 0 Å². The Morgan fingerprint density at radius 1 is 1.08 bits per heavy atom.